The van der Waals surface area contributed by atoms with Crippen molar-refractivity contribution >= 4 is 40.3 Å². The fraction of sp³-hybridized carbons (Fsp3) is 0.583. The highest BCUT2D eigenvalue weighted by molar-refractivity contribution is 8.14. The predicted octanol–water partition coefficient (Wildman–Crippen LogP) is 2.52. The third-order valence-corrected chi connectivity index (χ3v) is 7.44. The van der Waals surface area contributed by atoms with Crippen LogP contribution in [0.5, 0.6) is 0 Å². The lowest BCUT2D eigenvalue weighted by molar-refractivity contribution is -0.155. The average molecular weight is 505 g/mol. The van der Waals surface area contributed by atoms with Gasteiger partial charge in [-0.3, -0.25) is 19.8 Å². The number of carbonyl (C=O) groups excluding carboxylic acids is 3. The van der Waals surface area contributed by atoms with Crippen LogP contribution in [0.4, 0.5) is 10.1 Å². The van der Waals surface area contributed by atoms with Gasteiger partial charge in [-0.15, -0.1) is 0 Å². The molecular weight excluding hydrogens is 471 g/mol. The van der Waals surface area contributed by atoms with Gasteiger partial charge in [0.1, 0.15) is 5.82 Å². The van der Waals surface area contributed by atoms with Crippen LogP contribution in [-0.4, -0.2) is 63.9 Å². The lowest BCUT2D eigenvalue weighted by Crippen LogP contribution is -2.67. The van der Waals surface area contributed by atoms with Crippen LogP contribution < -0.4 is 16.1 Å². The van der Waals surface area contributed by atoms with E-state index in [9.17, 15) is 18.8 Å². The molecule has 2 aliphatic heterocycles. The van der Waals surface area contributed by atoms with Crippen molar-refractivity contribution in [2.75, 3.05) is 24.2 Å². The van der Waals surface area contributed by atoms with E-state index in [2.05, 4.69) is 26.1 Å². The van der Waals surface area contributed by atoms with Crippen LogP contribution in [0.1, 0.15) is 46.0 Å². The monoisotopic (exact) mass is 504 g/mol. The second kappa shape index (κ2) is 11.3. The van der Waals surface area contributed by atoms with Crippen molar-refractivity contribution in [3.8, 4) is 0 Å². The van der Waals surface area contributed by atoms with E-state index in [1.54, 1.807) is 17.0 Å². The summed E-state index contributed by atoms with van der Waals surface area (Å²) in [6.07, 6.45) is 3.48. The van der Waals surface area contributed by atoms with Crippen molar-refractivity contribution in [3.05, 3.63) is 30.1 Å². The normalized spacial score (nSPS) is 23.4. The number of nitrogens with one attached hydrogen (secondary N) is 3. The summed E-state index contributed by atoms with van der Waals surface area (Å²) in [5, 5.41) is 10.7. The van der Waals surface area contributed by atoms with E-state index < -0.39 is 12.1 Å². The van der Waals surface area contributed by atoms with Gasteiger partial charge in [0.2, 0.25) is 17.7 Å². The maximum absolute atomic E-state index is 13.4. The summed E-state index contributed by atoms with van der Waals surface area (Å²) < 4.78 is 13.4. The van der Waals surface area contributed by atoms with Gasteiger partial charge in [-0.05, 0) is 37.0 Å². The zero-order chi connectivity index (χ0) is 24.9. The molecule has 1 aliphatic carbocycles. The molecule has 3 unspecified atom stereocenters. The van der Waals surface area contributed by atoms with E-state index in [0.717, 1.165) is 25.7 Å². The van der Waals surface area contributed by atoms with Crippen molar-refractivity contribution in [1.29, 1.82) is 0 Å². The molecule has 0 radical (unpaired) electrons. The molecule has 0 bridgehead atoms. The minimum absolute atomic E-state index is 0.0137. The number of halogens is 1. The molecule has 3 amide bonds. The first-order chi connectivity index (χ1) is 16.8. The lowest BCUT2D eigenvalue weighted by Gasteiger charge is -2.50. The fourth-order valence-corrected chi connectivity index (χ4v) is 5.64. The third kappa shape index (κ3) is 6.06. The molecule has 35 heavy (non-hydrogen) atoms. The smallest absolute Gasteiger partial charge is 0.234 e. The molecule has 1 saturated heterocycles. The van der Waals surface area contributed by atoms with Crippen LogP contribution >= 0.6 is 11.8 Å². The number of hydrazone groups is 1. The van der Waals surface area contributed by atoms with Gasteiger partial charge in [-0.1, -0.05) is 44.5 Å². The number of benzene rings is 1. The topological polar surface area (TPSA) is 106 Å². The average Bonchev–Trinajstić information content (AvgIpc) is 3.25. The molecule has 4 rings (SSSR count). The molecule has 1 saturated carbocycles. The van der Waals surface area contributed by atoms with Crippen LogP contribution in [0.15, 0.2) is 29.4 Å². The van der Waals surface area contributed by atoms with Crippen molar-refractivity contribution in [1.82, 2.24) is 20.5 Å². The van der Waals surface area contributed by atoms with Gasteiger partial charge >= 0.3 is 0 Å². The van der Waals surface area contributed by atoms with Crippen LogP contribution in [0.25, 0.3) is 0 Å². The van der Waals surface area contributed by atoms with Gasteiger partial charge in [0.25, 0.3) is 0 Å². The molecule has 0 aromatic heterocycles. The Balaban J connectivity index is 1.40. The maximum Gasteiger partial charge on any atom is 0.234 e. The Kier molecular flexibility index (Phi) is 8.15. The molecule has 9 nitrogen and oxygen atoms in total. The Labute approximate surface area is 209 Å². The van der Waals surface area contributed by atoms with E-state index in [1.807, 2.05) is 13.8 Å². The Morgan fingerprint density at radius 2 is 2.06 bits per heavy atom. The highest BCUT2D eigenvalue weighted by Gasteiger charge is 2.50. The summed E-state index contributed by atoms with van der Waals surface area (Å²) in [5.41, 5.74) is 3.46. The zero-order valence-corrected chi connectivity index (χ0v) is 20.9. The number of amides is 3. The number of fused-ring (bicyclic) bond motifs is 3. The van der Waals surface area contributed by atoms with Crippen LogP contribution in [-0.2, 0) is 14.4 Å². The van der Waals surface area contributed by atoms with Crippen LogP contribution in [0.3, 0.4) is 0 Å². The molecule has 1 aromatic rings. The van der Waals surface area contributed by atoms with E-state index in [1.165, 1.54) is 23.9 Å². The Bertz CT molecular complexity index is 990. The van der Waals surface area contributed by atoms with Crippen LogP contribution in [0, 0.1) is 17.7 Å². The molecule has 3 aliphatic rings. The number of hydrogen-bond acceptors (Lipinski definition) is 7. The first kappa shape index (κ1) is 25.3. The molecule has 2 heterocycles. The first-order valence-electron chi connectivity index (χ1n) is 12.2. The maximum atomic E-state index is 13.4. The molecule has 2 fully saturated rings. The van der Waals surface area contributed by atoms with Crippen molar-refractivity contribution in [3.63, 3.8) is 0 Å². The SMILES string of the molecule is CC(C)CNC(=O)CCN1C(=O)C2CCCCC2N2C(SCC(=O)Nc3cccc(F)c3)=NNC12. The van der Waals surface area contributed by atoms with E-state index in [0.29, 0.717) is 29.9 Å². The number of rotatable bonds is 8. The summed E-state index contributed by atoms with van der Waals surface area (Å²) in [6.45, 7) is 4.97. The first-order valence-corrected chi connectivity index (χ1v) is 13.2. The van der Waals surface area contributed by atoms with Gasteiger partial charge in [0.15, 0.2) is 11.5 Å². The van der Waals surface area contributed by atoms with E-state index >= 15 is 0 Å². The third-order valence-electron chi connectivity index (χ3n) is 6.47. The summed E-state index contributed by atoms with van der Waals surface area (Å²) in [7, 11) is 0. The Morgan fingerprint density at radius 1 is 1.26 bits per heavy atom. The number of amidine groups is 1. The van der Waals surface area contributed by atoms with Crippen molar-refractivity contribution in [2.24, 2.45) is 16.9 Å². The molecule has 1 aromatic carbocycles. The molecule has 0 spiro atoms. The minimum atomic E-state index is -0.464. The number of thioether (sulfide) groups is 1. The molecular formula is C24H33FN6O3S. The highest BCUT2D eigenvalue weighted by Crippen LogP contribution is 2.38. The second-order valence-corrected chi connectivity index (χ2v) is 10.5. The summed E-state index contributed by atoms with van der Waals surface area (Å²) in [6, 6.07) is 5.78. The fourth-order valence-electron chi connectivity index (χ4n) is 4.81. The number of carbonyl (C=O) groups is 3. The Morgan fingerprint density at radius 3 is 2.83 bits per heavy atom. The number of hydrogen-bond donors (Lipinski definition) is 3. The number of nitrogens with zero attached hydrogens (tertiary/aromatic N) is 3. The molecule has 11 heteroatoms. The van der Waals surface area contributed by atoms with Gasteiger partial charge < -0.3 is 20.4 Å². The minimum Gasteiger partial charge on any atom is -0.356 e. The van der Waals surface area contributed by atoms with E-state index in [4.69, 9.17) is 0 Å². The second-order valence-electron chi connectivity index (χ2n) is 9.59. The predicted molar refractivity (Wildman–Crippen MR) is 134 cm³/mol. The standard InChI is InChI=1S/C24H33FN6O3S/c1-15(2)13-26-20(32)10-11-30-22(34)18-8-3-4-9-19(18)31-23(30)28-29-24(31)35-14-21(33)27-17-7-5-6-16(25)12-17/h5-7,12,15,18-19,23,28H,3-4,8-11,13-14H2,1-2H3,(H,26,32)(H,27,33). The molecule has 3 atom stereocenters. The van der Waals surface area contributed by atoms with Gasteiger partial charge in [-0.2, -0.15) is 5.10 Å². The molecule has 3 N–H and O–H groups in total. The van der Waals surface area contributed by atoms with Crippen LogP contribution in [0.2, 0.25) is 0 Å². The van der Waals surface area contributed by atoms with Crippen molar-refractivity contribution < 1.29 is 18.8 Å². The summed E-state index contributed by atoms with van der Waals surface area (Å²) in [4.78, 5) is 42.0. The summed E-state index contributed by atoms with van der Waals surface area (Å²) >= 11 is 1.29. The summed E-state index contributed by atoms with van der Waals surface area (Å²) in [5.74, 6) is -0.386. The lowest BCUT2D eigenvalue weighted by atomic mass is 9.81. The highest BCUT2D eigenvalue weighted by atomic mass is 32.2. The van der Waals surface area contributed by atoms with Gasteiger partial charge in [0.05, 0.1) is 11.7 Å². The molecule has 190 valence electrons. The Hall–Kier alpha value is -2.82. The zero-order valence-electron chi connectivity index (χ0n) is 20.1. The van der Waals surface area contributed by atoms with Gasteiger partial charge in [-0.25, -0.2) is 4.39 Å². The quantitative estimate of drug-likeness (QED) is 0.502. The largest absolute Gasteiger partial charge is 0.356 e. The van der Waals surface area contributed by atoms with E-state index in [-0.39, 0.29) is 41.9 Å². The van der Waals surface area contributed by atoms with Gasteiger partial charge in [0, 0.05) is 31.2 Å². The van der Waals surface area contributed by atoms with Crippen molar-refractivity contribution in [2.45, 2.75) is 58.3 Å². The number of anilines is 1.